The van der Waals surface area contributed by atoms with Crippen LogP contribution in [-0.2, 0) is 12.0 Å². The molecule has 0 aliphatic rings. The van der Waals surface area contributed by atoms with Crippen LogP contribution in [0.3, 0.4) is 0 Å². The zero-order valence-electron chi connectivity index (χ0n) is 17.8. The highest BCUT2D eigenvalue weighted by Gasteiger charge is 2.25. The van der Waals surface area contributed by atoms with Gasteiger partial charge in [-0.15, -0.1) is 11.3 Å². The number of nitrogens with zero attached hydrogens (tertiary/aromatic N) is 2. The number of anilines is 1. The number of hydrogen-bond acceptors (Lipinski definition) is 4. The lowest BCUT2D eigenvalue weighted by atomic mass is 9.86. The number of carbonyl (C=O) groups is 1. The Labute approximate surface area is 175 Å². The highest BCUT2D eigenvalue weighted by Crippen LogP contribution is 2.36. The van der Waals surface area contributed by atoms with E-state index in [9.17, 15) is 10.1 Å². The van der Waals surface area contributed by atoms with E-state index in [0.29, 0.717) is 29.4 Å². The number of nitriles is 1. The highest BCUT2D eigenvalue weighted by molar-refractivity contribution is 7.14. The molecule has 0 saturated heterocycles. The third-order valence-electron chi connectivity index (χ3n) is 5.07. The summed E-state index contributed by atoms with van der Waals surface area (Å²) in [4.78, 5) is 13.3. The summed E-state index contributed by atoms with van der Waals surface area (Å²) in [5.74, 6) is 0.598. The minimum Gasteiger partial charge on any atom is -0.494 e. The molecule has 5 nitrogen and oxygen atoms in total. The Balaban J connectivity index is 2.05. The van der Waals surface area contributed by atoms with Gasteiger partial charge in [-0.2, -0.15) is 5.26 Å². The average Bonchev–Trinajstić information content (AvgIpc) is 3.20. The van der Waals surface area contributed by atoms with Crippen molar-refractivity contribution in [2.45, 2.75) is 53.5 Å². The van der Waals surface area contributed by atoms with Crippen molar-refractivity contribution in [3.8, 4) is 11.8 Å². The van der Waals surface area contributed by atoms with Crippen molar-refractivity contribution in [3.63, 3.8) is 0 Å². The fourth-order valence-corrected chi connectivity index (χ4v) is 4.79. The molecule has 0 radical (unpaired) electrons. The third-order valence-corrected chi connectivity index (χ3v) is 5.96. The van der Waals surface area contributed by atoms with Crippen LogP contribution in [-0.4, -0.2) is 17.1 Å². The van der Waals surface area contributed by atoms with Gasteiger partial charge in [0.1, 0.15) is 22.5 Å². The molecular formula is C23H27N3O2S. The van der Waals surface area contributed by atoms with Crippen molar-refractivity contribution in [1.29, 1.82) is 5.26 Å². The van der Waals surface area contributed by atoms with Gasteiger partial charge in [0.15, 0.2) is 0 Å². The van der Waals surface area contributed by atoms with Crippen LogP contribution in [0.1, 0.15) is 61.8 Å². The average molecular weight is 410 g/mol. The van der Waals surface area contributed by atoms with E-state index in [-0.39, 0.29) is 11.3 Å². The number of benzene rings is 1. The van der Waals surface area contributed by atoms with Crippen molar-refractivity contribution in [3.05, 3.63) is 46.0 Å². The molecule has 1 amide bonds. The number of aromatic nitrogens is 1. The number of fused-ring (bicyclic) bond motifs is 1. The highest BCUT2D eigenvalue weighted by atomic mass is 32.1. The summed E-state index contributed by atoms with van der Waals surface area (Å²) in [7, 11) is 0. The van der Waals surface area contributed by atoms with E-state index in [2.05, 4.69) is 32.2 Å². The summed E-state index contributed by atoms with van der Waals surface area (Å²) in [6.07, 6.45) is 0. The molecule has 6 heteroatoms. The molecule has 2 heterocycles. The molecule has 0 saturated carbocycles. The molecule has 0 aliphatic heterocycles. The predicted molar refractivity (Wildman–Crippen MR) is 119 cm³/mol. The van der Waals surface area contributed by atoms with Gasteiger partial charge in [-0.25, -0.2) is 0 Å². The summed E-state index contributed by atoms with van der Waals surface area (Å²) in [6.45, 7) is 13.4. The van der Waals surface area contributed by atoms with E-state index in [1.54, 1.807) is 0 Å². The fraction of sp³-hybridized carbons (Fsp3) is 0.391. The molecule has 0 bridgehead atoms. The maximum Gasteiger partial charge on any atom is 0.273 e. The largest absolute Gasteiger partial charge is 0.494 e. The molecule has 29 heavy (non-hydrogen) atoms. The Kier molecular flexibility index (Phi) is 5.72. The van der Waals surface area contributed by atoms with E-state index in [1.165, 1.54) is 11.3 Å². The van der Waals surface area contributed by atoms with Gasteiger partial charge in [-0.3, -0.25) is 4.79 Å². The molecule has 0 aliphatic carbocycles. The van der Waals surface area contributed by atoms with E-state index in [1.807, 2.05) is 48.9 Å². The number of nitrogens with one attached hydrogen (secondary N) is 1. The Morgan fingerprint density at radius 2 is 2.03 bits per heavy atom. The van der Waals surface area contributed by atoms with Crippen molar-refractivity contribution >= 4 is 33.1 Å². The Morgan fingerprint density at radius 1 is 1.31 bits per heavy atom. The first-order chi connectivity index (χ1) is 13.7. The molecule has 0 atom stereocenters. The van der Waals surface area contributed by atoms with Gasteiger partial charge in [0, 0.05) is 17.4 Å². The van der Waals surface area contributed by atoms with Crippen molar-refractivity contribution < 1.29 is 9.53 Å². The van der Waals surface area contributed by atoms with Crippen LogP contribution in [0.15, 0.2) is 23.6 Å². The number of ether oxygens (including phenoxy) is 1. The minimum absolute atomic E-state index is 0.158. The monoisotopic (exact) mass is 409 g/mol. The van der Waals surface area contributed by atoms with Crippen LogP contribution in [0.5, 0.6) is 5.75 Å². The van der Waals surface area contributed by atoms with E-state index in [0.717, 1.165) is 27.8 Å². The summed E-state index contributed by atoms with van der Waals surface area (Å²) >= 11 is 1.40. The Hall–Kier alpha value is -2.78. The lowest BCUT2D eigenvalue weighted by Gasteiger charge is -2.17. The van der Waals surface area contributed by atoms with Gasteiger partial charge in [0.2, 0.25) is 0 Å². The van der Waals surface area contributed by atoms with Crippen molar-refractivity contribution in [2.24, 2.45) is 0 Å². The fourth-order valence-electron chi connectivity index (χ4n) is 3.65. The number of hydrogen-bond donors (Lipinski definition) is 1. The van der Waals surface area contributed by atoms with Crippen LogP contribution in [0.25, 0.3) is 10.9 Å². The quantitative estimate of drug-likeness (QED) is 0.575. The van der Waals surface area contributed by atoms with Crippen LogP contribution < -0.4 is 10.1 Å². The molecule has 3 aromatic rings. The first-order valence-electron chi connectivity index (χ1n) is 9.81. The predicted octanol–water partition coefficient (Wildman–Crippen LogP) is 5.85. The van der Waals surface area contributed by atoms with Gasteiger partial charge < -0.3 is 14.6 Å². The van der Waals surface area contributed by atoms with Gasteiger partial charge in [-0.05, 0) is 60.9 Å². The van der Waals surface area contributed by atoms with Crippen LogP contribution >= 0.6 is 11.3 Å². The summed E-state index contributed by atoms with van der Waals surface area (Å²) in [5.41, 5.74) is 3.87. The normalized spacial score (nSPS) is 11.5. The maximum absolute atomic E-state index is 13.3. The number of thiophene rings is 1. The van der Waals surface area contributed by atoms with Crippen molar-refractivity contribution in [2.75, 3.05) is 11.9 Å². The number of carbonyl (C=O) groups excluding carboxylic acids is 1. The molecule has 2 aromatic heterocycles. The topological polar surface area (TPSA) is 67.0 Å². The molecule has 152 valence electrons. The van der Waals surface area contributed by atoms with Crippen molar-refractivity contribution in [1.82, 2.24) is 4.57 Å². The first kappa shape index (κ1) is 20.9. The second-order valence-corrected chi connectivity index (χ2v) is 8.88. The van der Waals surface area contributed by atoms with Gasteiger partial charge in [-0.1, -0.05) is 20.8 Å². The summed E-state index contributed by atoms with van der Waals surface area (Å²) in [6, 6.07) is 8.19. The Morgan fingerprint density at radius 3 is 2.62 bits per heavy atom. The zero-order chi connectivity index (χ0) is 21.3. The molecule has 0 unspecified atom stereocenters. The second-order valence-electron chi connectivity index (χ2n) is 8.00. The van der Waals surface area contributed by atoms with Gasteiger partial charge in [0.05, 0.1) is 12.2 Å². The van der Waals surface area contributed by atoms with Gasteiger partial charge in [0.25, 0.3) is 5.91 Å². The number of aryl methyl sites for hydroxylation is 2. The molecular weight excluding hydrogens is 382 g/mol. The Bertz CT molecular complexity index is 1110. The SMILES string of the molecule is CCOc1ccc2c(c1)c(C)c(C(=O)Nc1scc(C(C)(C)C)c1C#N)n2CC. The lowest BCUT2D eigenvalue weighted by Crippen LogP contribution is -2.18. The molecule has 1 aromatic carbocycles. The number of rotatable bonds is 5. The second kappa shape index (κ2) is 7.92. The standard InChI is InChI=1S/C23H27N3O2S/c1-7-26-19-10-9-15(28-8-2)11-16(19)14(3)20(26)21(27)25-22-17(12-24)18(13-29-22)23(4,5)6/h9-11,13H,7-8H2,1-6H3,(H,25,27). The van der Waals surface area contributed by atoms with E-state index < -0.39 is 0 Å². The third kappa shape index (κ3) is 3.75. The molecule has 1 N–H and O–H groups in total. The van der Waals surface area contributed by atoms with Crippen LogP contribution in [0, 0.1) is 18.3 Å². The van der Waals surface area contributed by atoms with Crippen LogP contribution in [0.4, 0.5) is 5.00 Å². The van der Waals surface area contributed by atoms with E-state index >= 15 is 0 Å². The molecule has 3 rings (SSSR count). The number of amides is 1. The van der Waals surface area contributed by atoms with Crippen LogP contribution in [0.2, 0.25) is 0 Å². The maximum atomic E-state index is 13.3. The summed E-state index contributed by atoms with van der Waals surface area (Å²) in [5, 5.41) is 16.2. The van der Waals surface area contributed by atoms with E-state index in [4.69, 9.17) is 4.74 Å². The van der Waals surface area contributed by atoms with Gasteiger partial charge >= 0.3 is 0 Å². The minimum atomic E-state index is -0.197. The zero-order valence-corrected chi connectivity index (χ0v) is 18.7. The summed E-state index contributed by atoms with van der Waals surface area (Å²) < 4.78 is 7.64. The first-order valence-corrected chi connectivity index (χ1v) is 10.7. The molecule has 0 fully saturated rings. The lowest BCUT2D eigenvalue weighted by molar-refractivity contribution is 0.101. The molecule has 0 spiro atoms. The smallest absolute Gasteiger partial charge is 0.273 e.